The molecule has 0 unspecified atom stereocenters. The predicted molar refractivity (Wildman–Crippen MR) is 167 cm³/mol. The molecule has 0 atom stereocenters. The Labute approximate surface area is 255 Å². The number of hydrogen-bond acceptors (Lipinski definition) is 8. The fraction of sp³-hybridized carbons (Fsp3) is 0.303. The number of carbonyl (C=O) groups excluding carboxylic acids is 3. The van der Waals surface area contributed by atoms with Gasteiger partial charge in [-0.15, -0.1) is 5.06 Å². The first-order valence-corrected chi connectivity index (χ1v) is 14.1. The first-order chi connectivity index (χ1) is 21.0. The number of imide groups is 1. The van der Waals surface area contributed by atoms with Crippen LogP contribution in [0.3, 0.4) is 0 Å². The quantitative estimate of drug-likeness (QED) is 0.254. The van der Waals surface area contributed by atoms with Crippen LogP contribution in [-0.2, 0) is 24.0 Å². The lowest BCUT2D eigenvalue weighted by atomic mass is 9.88. The average molecular weight is 605 g/mol. The van der Waals surface area contributed by atoms with Crippen molar-refractivity contribution in [3.8, 4) is 11.3 Å². The van der Waals surface area contributed by atoms with Crippen LogP contribution in [-0.4, -0.2) is 74.3 Å². The van der Waals surface area contributed by atoms with E-state index in [1.54, 1.807) is 6.08 Å². The number of anilines is 1. The van der Waals surface area contributed by atoms with E-state index in [4.69, 9.17) is 14.4 Å². The number of nitrogens with zero attached hydrogens (tertiary/aromatic N) is 3. The molecule has 4 aliphatic rings. The van der Waals surface area contributed by atoms with Crippen LogP contribution < -0.4 is 14.8 Å². The highest BCUT2D eigenvalue weighted by atomic mass is 16.7. The number of carbonyl (C=O) groups is 4. The molecule has 0 radical (unpaired) electrons. The fourth-order valence-electron chi connectivity index (χ4n) is 4.75. The highest BCUT2D eigenvalue weighted by Crippen LogP contribution is 2.41. The number of hydroxylamine groups is 2. The molecule has 0 aromatic heterocycles. The topological polar surface area (TPSA) is 141 Å². The number of rotatable bonds is 5. The van der Waals surface area contributed by atoms with Crippen LogP contribution in [0.4, 0.5) is 5.69 Å². The Kier molecular flexibility index (Phi) is 11.0. The molecule has 2 N–H and O–H groups in total. The number of hydrogen-bond donors (Lipinski definition) is 2. The van der Waals surface area contributed by atoms with Crippen molar-refractivity contribution in [3.63, 3.8) is 0 Å². The van der Waals surface area contributed by atoms with Crippen molar-refractivity contribution in [2.24, 2.45) is 0 Å². The molecule has 11 nitrogen and oxygen atoms in total. The third-order valence-corrected chi connectivity index (χ3v) is 6.93. The first kappa shape index (κ1) is 33.5. The second-order valence-electron chi connectivity index (χ2n) is 9.99. The summed E-state index contributed by atoms with van der Waals surface area (Å²) in [6.45, 7) is 4.00. The van der Waals surface area contributed by atoms with Gasteiger partial charge in [0.1, 0.15) is 25.4 Å². The van der Waals surface area contributed by atoms with E-state index in [1.165, 1.54) is 12.2 Å². The third kappa shape index (κ3) is 6.78. The molecule has 11 heteroatoms. The normalized spacial score (nSPS) is 14.4. The second-order valence-corrected chi connectivity index (χ2v) is 9.99. The van der Waals surface area contributed by atoms with Gasteiger partial charge in [-0.1, -0.05) is 26.0 Å². The van der Waals surface area contributed by atoms with Crippen LogP contribution in [0.1, 0.15) is 38.7 Å². The molecule has 232 valence electrons. The maximum absolute atomic E-state index is 12.9. The zero-order valence-electron chi connectivity index (χ0n) is 26.0. The third-order valence-electron chi connectivity index (χ3n) is 6.93. The number of aliphatic hydroxyl groups excluding tert-OH is 1. The predicted octanol–water partition coefficient (Wildman–Crippen LogP) is 3.60. The lowest BCUT2D eigenvalue weighted by Gasteiger charge is -2.19. The molecule has 2 aliphatic heterocycles. The van der Waals surface area contributed by atoms with Crippen LogP contribution in [0.2, 0.25) is 0 Å². The summed E-state index contributed by atoms with van der Waals surface area (Å²) in [5.74, 6) is -2.69. The molecule has 0 spiro atoms. The molecule has 2 amide bonds. The number of carboxylic acid groups (broad SMARTS) is 1. The Bertz CT molecular complexity index is 1720. The standard InChI is InChI=1S/C30H27N3O7.C2H6.CH4O/c1-31(2)18-7-11-22-24(15-18)39-25-16-19(32(3)4)8-12-23(25)28(22)20-9-5-17(6-10-21(20)29(36)37)30(38)40-33-26(34)13-14-27(33)35;2*1-2/h6-12,15-16H,5,13-14H2,1-4H3;1-2H3;2H,1H3/p+1. The summed E-state index contributed by atoms with van der Waals surface area (Å²) in [5.41, 5.74) is 3.30. The number of amides is 2. The minimum absolute atomic E-state index is 0.0122. The molecular weight excluding hydrogens is 566 g/mol. The maximum atomic E-state index is 12.9. The highest BCUT2D eigenvalue weighted by molar-refractivity contribution is 6.13. The van der Waals surface area contributed by atoms with Crippen LogP contribution in [0.15, 0.2) is 70.2 Å². The zero-order chi connectivity index (χ0) is 32.7. The highest BCUT2D eigenvalue weighted by Gasteiger charge is 2.34. The van der Waals surface area contributed by atoms with E-state index in [0.717, 1.165) is 18.2 Å². The van der Waals surface area contributed by atoms with Crippen molar-refractivity contribution in [1.29, 1.82) is 0 Å². The van der Waals surface area contributed by atoms with E-state index in [-0.39, 0.29) is 30.4 Å². The van der Waals surface area contributed by atoms with Crippen molar-refractivity contribution in [2.75, 3.05) is 40.2 Å². The Hall–Kier alpha value is -5.03. The largest absolute Gasteiger partial charge is 0.478 e. The van der Waals surface area contributed by atoms with Gasteiger partial charge in [0.25, 0.3) is 11.8 Å². The molecule has 1 fully saturated rings. The summed E-state index contributed by atoms with van der Waals surface area (Å²) in [6.07, 6.45) is 4.31. The van der Waals surface area contributed by atoms with Crippen LogP contribution in [0.25, 0.3) is 27.9 Å². The van der Waals surface area contributed by atoms with E-state index >= 15 is 0 Å². The van der Waals surface area contributed by atoms with Gasteiger partial charge in [0, 0.05) is 74.0 Å². The summed E-state index contributed by atoms with van der Waals surface area (Å²) < 4.78 is 8.28. The van der Waals surface area contributed by atoms with Crippen LogP contribution in [0.5, 0.6) is 0 Å². The Morgan fingerprint density at radius 2 is 1.64 bits per heavy atom. The summed E-state index contributed by atoms with van der Waals surface area (Å²) >= 11 is 0. The Morgan fingerprint density at radius 3 is 2.23 bits per heavy atom. The number of aliphatic carboxylic acids is 1. The van der Waals surface area contributed by atoms with Crippen LogP contribution in [0, 0.1) is 0 Å². The van der Waals surface area contributed by atoms with E-state index in [0.29, 0.717) is 38.5 Å². The summed E-state index contributed by atoms with van der Waals surface area (Å²) in [4.78, 5) is 56.2. The Morgan fingerprint density at radius 1 is 0.977 bits per heavy atom. The van der Waals surface area contributed by atoms with Gasteiger partial charge in [0.05, 0.1) is 11.6 Å². The van der Waals surface area contributed by atoms with Gasteiger partial charge >= 0.3 is 11.9 Å². The summed E-state index contributed by atoms with van der Waals surface area (Å²) in [6, 6.07) is 11.4. The zero-order valence-corrected chi connectivity index (χ0v) is 26.0. The number of allylic oxidation sites excluding steroid dienone is 3. The van der Waals surface area contributed by atoms with Gasteiger partial charge in [-0.05, 0) is 36.3 Å². The van der Waals surface area contributed by atoms with Gasteiger partial charge in [-0.25, -0.2) is 14.2 Å². The van der Waals surface area contributed by atoms with Gasteiger partial charge < -0.3 is 24.4 Å². The van der Waals surface area contributed by atoms with Gasteiger partial charge in [0.15, 0.2) is 0 Å². The van der Waals surface area contributed by atoms with E-state index in [9.17, 15) is 24.3 Å². The molecule has 0 bridgehead atoms. The molecular formula is C33H38N3O8+. The van der Waals surface area contributed by atoms with Gasteiger partial charge in [0.2, 0.25) is 5.36 Å². The Balaban J connectivity index is 0.00000127. The summed E-state index contributed by atoms with van der Waals surface area (Å²) in [5, 5.41) is 19.3. The molecule has 1 aromatic rings. The van der Waals surface area contributed by atoms with Crippen molar-refractivity contribution in [2.45, 2.75) is 33.1 Å². The average Bonchev–Trinajstić information content (AvgIpc) is 3.19. The van der Waals surface area contributed by atoms with Crippen molar-refractivity contribution >= 4 is 46.0 Å². The minimum atomic E-state index is -1.18. The SMILES string of the molecule is CC.CN(C)c1ccc2c(C3=CCC(C(=O)ON4C(=O)CCC4=O)=CC=C3C(=O)O)c3ccc(=[N+](C)C)cc-3oc2c1.CO. The van der Waals surface area contributed by atoms with E-state index in [2.05, 4.69) is 0 Å². The lowest BCUT2D eigenvalue weighted by molar-refractivity contribution is -0.194. The lowest BCUT2D eigenvalue weighted by Crippen LogP contribution is -2.32. The summed E-state index contributed by atoms with van der Waals surface area (Å²) in [7, 11) is 8.67. The number of carboxylic acids is 1. The molecule has 44 heavy (non-hydrogen) atoms. The molecule has 2 aliphatic carbocycles. The maximum Gasteiger partial charge on any atom is 0.360 e. The van der Waals surface area contributed by atoms with E-state index < -0.39 is 23.8 Å². The number of aliphatic hydroxyl groups is 1. The van der Waals surface area contributed by atoms with Crippen molar-refractivity contribution in [1.82, 2.24) is 9.64 Å². The smallest absolute Gasteiger partial charge is 0.360 e. The van der Waals surface area contributed by atoms with Crippen molar-refractivity contribution in [3.05, 3.63) is 76.7 Å². The van der Waals surface area contributed by atoms with Crippen molar-refractivity contribution < 1.29 is 38.6 Å². The molecule has 0 saturated carbocycles. The van der Waals surface area contributed by atoms with Gasteiger partial charge in [-0.2, -0.15) is 0 Å². The monoisotopic (exact) mass is 604 g/mol. The van der Waals surface area contributed by atoms with Gasteiger partial charge in [-0.3, -0.25) is 9.59 Å². The first-order valence-electron chi connectivity index (χ1n) is 14.1. The van der Waals surface area contributed by atoms with Crippen LogP contribution >= 0.6 is 0 Å². The molecule has 1 saturated heterocycles. The molecule has 1 aromatic carbocycles. The van der Waals surface area contributed by atoms with E-state index in [1.807, 2.05) is 87.9 Å². The second kappa shape index (κ2) is 14.4. The molecule has 5 rings (SSSR count). The fourth-order valence-corrected chi connectivity index (χ4v) is 4.75. The number of fused-ring (bicyclic) bond motifs is 2. The molecule has 2 heterocycles. The number of benzene rings is 2. The minimum Gasteiger partial charge on any atom is -0.478 e.